The number of carbonyl (C=O) groups is 1. The number of benzene rings is 1. The van der Waals surface area contributed by atoms with E-state index in [1.165, 1.54) is 12.4 Å². The number of carboxylic acid groups (broad SMARTS) is 1. The average molecular weight is 244 g/mol. The van der Waals surface area contributed by atoms with Crippen LogP contribution in [0.15, 0.2) is 30.6 Å². The molecule has 1 aromatic carbocycles. The van der Waals surface area contributed by atoms with Gasteiger partial charge in [0.2, 0.25) is 5.88 Å². The second-order valence-electron chi connectivity index (χ2n) is 3.97. The van der Waals surface area contributed by atoms with Crippen LogP contribution in [0.2, 0.25) is 0 Å². The molecule has 0 amide bonds. The van der Waals surface area contributed by atoms with Crippen LogP contribution in [-0.2, 0) is 0 Å². The lowest BCUT2D eigenvalue weighted by atomic mass is 10.1. The van der Waals surface area contributed by atoms with Crippen LogP contribution in [-0.4, -0.2) is 21.0 Å². The second-order valence-corrected chi connectivity index (χ2v) is 3.97. The number of hydrogen-bond acceptors (Lipinski definition) is 4. The number of rotatable bonds is 3. The molecule has 2 aromatic rings. The van der Waals surface area contributed by atoms with E-state index in [-0.39, 0.29) is 11.6 Å². The van der Waals surface area contributed by atoms with Gasteiger partial charge in [0.1, 0.15) is 5.75 Å². The van der Waals surface area contributed by atoms with Crippen LogP contribution in [0.3, 0.4) is 0 Å². The first-order valence-electron chi connectivity index (χ1n) is 5.36. The highest BCUT2D eigenvalue weighted by Crippen LogP contribution is 2.21. The van der Waals surface area contributed by atoms with Gasteiger partial charge < -0.3 is 9.84 Å². The Balaban J connectivity index is 2.20. The summed E-state index contributed by atoms with van der Waals surface area (Å²) in [5.74, 6) is -0.185. The fourth-order valence-electron chi connectivity index (χ4n) is 1.59. The lowest BCUT2D eigenvalue weighted by Crippen LogP contribution is -2.01. The van der Waals surface area contributed by atoms with E-state index < -0.39 is 5.97 Å². The Morgan fingerprint density at radius 2 is 1.78 bits per heavy atom. The van der Waals surface area contributed by atoms with Crippen LogP contribution in [0.1, 0.15) is 21.6 Å². The van der Waals surface area contributed by atoms with Gasteiger partial charge in [0.25, 0.3) is 0 Å². The van der Waals surface area contributed by atoms with Crippen LogP contribution in [0, 0.1) is 13.8 Å². The normalized spacial score (nSPS) is 10.1. The van der Waals surface area contributed by atoms with Crippen molar-refractivity contribution in [2.45, 2.75) is 13.8 Å². The zero-order chi connectivity index (χ0) is 13.1. The van der Waals surface area contributed by atoms with Crippen molar-refractivity contribution in [2.75, 3.05) is 0 Å². The Kier molecular flexibility index (Phi) is 3.23. The van der Waals surface area contributed by atoms with Crippen LogP contribution >= 0.6 is 0 Å². The SMILES string of the molecule is Cc1cc(C)cc(Oc2cnc(C(=O)O)cn2)c1. The molecule has 0 fully saturated rings. The minimum Gasteiger partial charge on any atom is -0.476 e. The van der Waals surface area contributed by atoms with Crippen molar-refractivity contribution in [1.82, 2.24) is 9.97 Å². The Morgan fingerprint density at radius 3 is 2.28 bits per heavy atom. The van der Waals surface area contributed by atoms with Crippen molar-refractivity contribution in [3.63, 3.8) is 0 Å². The topological polar surface area (TPSA) is 72.3 Å². The molecule has 0 aliphatic heterocycles. The number of aromatic nitrogens is 2. The third-order valence-electron chi connectivity index (χ3n) is 2.26. The molecule has 0 saturated heterocycles. The van der Waals surface area contributed by atoms with Gasteiger partial charge in [0.05, 0.1) is 12.4 Å². The molecule has 2 rings (SSSR count). The van der Waals surface area contributed by atoms with Gasteiger partial charge in [-0.05, 0) is 37.1 Å². The second kappa shape index (κ2) is 4.83. The van der Waals surface area contributed by atoms with Crippen LogP contribution in [0.25, 0.3) is 0 Å². The molecule has 0 saturated carbocycles. The number of aryl methyl sites for hydroxylation is 2. The lowest BCUT2D eigenvalue weighted by Gasteiger charge is -2.06. The van der Waals surface area contributed by atoms with Gasteiger partial charge in [-0.25, -0.2) is 14.8 Å². The standard InChI is InChI=1S/C13H12N2O3/c1-8-3-9(2)5-10(4-8)18-12-7-14-11(6-15-12)13(16)17/h3-7H,1-2H3,(H,16,17). The summed E-state index contributed by atoms with van der Waals surface area (Å²) in [4.78, 5) is 18.2. The fraction of sp³-hybridized carbons (Fsp3) is 0.154. The van der Waals surface area contributed by atoms with Crippen LogP contribution in [0.5, 0.6) is 11.6 Å². The van der Waals surface area contributed by atoms with Crippen molar-refractivity contribution in [3.8, 4) is 11.6 Å². The highest BCUT2D eigenvalue weighted by Gasteiger charge is 2.06. The molecule has 0 unspecified atom stereocenters. The molecule has 1 heterocycles. The van der Waals surface area contributed by atoms with Gasteiger partial charge in [-0.1, -0.05) is 6.07 Å². The highest BCUT2D eigenvalue weighted by molar-refractivity contribution is 5.84. The predicted octanol–water partition coefficient (Wildman–Crippen LogP) is 2.58. The summed E-state index contributed by atoms with van der Waals surface area (Å²) < 4.78 is 5.51. The number of aromatic carboxylic acids is 1. The molecule has 5 nitrogen and oxygen atoms in total. The summed E-state index contributed by atoms with van der Waals surface area (Å²) in [5, 5.41) is 8.69. The average Bonchev–Trinajstić information content (AvgIpc) is 2.28. The molecule has 0 atom stereocenters. The van der Waals surface area contributed by atoms with Crippen LogP contribution < -0.4 is 4.74 Å². The van der Waals surface area contributed by atoms with Crippen LogP contribution in [0.4, 0.5) is 0 Å². The molecule has 0 spiro atoms. The Morgan fingerprint density at radius 1 is 1.11 bits per heavy atom. The Labute approximate surface area is 104 Å². The molecule has 18 heavy (non-hydrogen) atoms. The molecule has 0 radical (unpaired) electrons. The molecular formula is C13H12N2O3. The van der Waals surface area contributed by atoms with E-state index in [1.54, 1.807) is 0 Å². The zero-order valence-electron chi connectivity index (χ0n) is 10.0. The zero-order valence-corrected chi connectivity index (χ0v) is 10.0. The van der Waals surface area contributed by atoms with Gasteiger partial charge in [0.15, 0.2) is 5.69 Å². The van der Waals surface area contributed by atoms with Crippen molar-refractivity contribution >= 4 is 5.97 Å². The largest absolute Gasteiger partial charge is 0.476 e. The van der Waals surface area contributed by atoms with E-state index in [9.17, 15) is 4.79 Å². The molecule has 1 aromatic heterocycles. The number of nitrogens with zero attached hydrogens (tertiary/aromatic N) is 2. The fourth-order valence-corrected chi connectivity index (χ4v) is 1.59. The highest BCUT2D eigenvalue weighted by atomic mass is 16.5. The smallest absolute Gasteiger partial charge is 0.356 e. The molecule has 92 valence electrons. The molecule has 1 N–H and O–H groups in total. The van der Waals surface area contributed by atoms with Crippen molar-refractivity contribution < 1.29 is 14.6 Å². The molecule has 0 aliphatic rings. The van der Waals surface area contributed by atoms with E-state index >= 15 is 0 Å². The first-order chi connectivity index (χ1) is 8.54. The first-order valence-corrected chi connectivity index (χ1v) is 5.36. The summed E-state index contributed by atoms with van der Waals surface area (Å²) in [7, 11) is 0. The minimum atomic E-state index is -1.11. The summed E-state index contributed by atoms with van der Waals surface area (Å²) in [5.41, 5.74) is 2.06. The van der Waals surface area contributed by atoms with Crippen molar-refractivity contribution in [3.05, 3.63) is 47.4 Å². The van der Waals surface area contributed by atoms with Gasteiger partial charge in [-0.3, -0.25) is 0 Å². The number of hydrogen-bond donors (Lipinski definition) is 1. The summed E-state index contributed by atoms with van der Waals surface area (Å²) in [6.45, 7) is 3.94. The first kappa shape index (κ1) is 12.0. The maximum Gasteiger partial charge on any atom is 0.356 e. The monoisotopic (exact) mass is 244 g/mol. The summed E-state index contributed by atoms with van der Waals surface area (Å²) in [6.07, 6.45) is 2.46. The molecular weight excluding hydrogens is 232 g/mol. The van der Waals surface area contributed by atoms with Gasteiger partial charge in [-0.2, -0.15) is 0 Å². The number of carboxylic acids is 1. The maximum absolute atomic E-state index is 10.6. The van der Waals surface area contributed by atoms with E-state index in [2.05, 4.69) is 9.97 Å². The summed E-state index contributed by atoms with van der Waals surface area (Å²) in [6, 6.07) is 5.78. The maximum atomic E-state index is 10.6. The van der Waals surface area contributed by atoms with Gasteiger partial charge in [0, 0.05) is 0 Å². The quantitative estimate of drug-likeness (QED) is 0.898. The Hall–Kier alpha value is -2.43. The lowest BCUT2D eigenvalue weighted by molar-refractivity contribution is 0.0690. The summed E-state index contributed by atoms with van der Waals surface area (Å²) >= 11 is 0. The minimum absolute atomic E-state index is 0.109. The van der Waals surface area contributed by atoms with E-state index in [4.69, 9.17) is 9.84 Å². The molecule has 0 bridgehead atoms. The third-order valence-corrected chi connectivity index (χ3v) is 2.26. The number of ether oxygens (including phenoxy) is 1. The van der Waals surface area contributed by atoms with Crippen molar-refractivity contribution in [1.29, 1.82) is 0 Å². The van der Waals surface area contributed by atoms with E-state index in [0.717, 1.165) is 11.1 Å². The van der Waals surface area contributed by atoms with E-state index in [1.807, 2.05) is 32.0 Å². The van der Waals surface area contributed by atoms with E-state index in [0.29, 0.717) is 5.75 Å². The van der Waals surface area contributed by atoms with Gasteiger partial charge >= 0.3 is 5.97 Å². The molecule has 0 aliphatic carbocycles. The van der Waals surface area contributed by atoms with Crippen molar-refractivity contribution in [2.24, 2.45) is 0 Å². The third kappa shape index (κ3) is 2.82. The Bertz CT molecular complexity index is 559. The van der Waals surface area contributed by atoms with Gasteiger partial charge in [-0.15, -0.1) is 0 Å². The predicted molar refractivity (Wildman–Crippen MR) is 65.0 cm³/mol. The molecule has 5 heteroatoms.